The van der Waals surface area contributed by atoms with E-state index >= 15 is 0 Å². The second-order valence-corrected chi connectivity index (χ2v) is 8.20. The molecule has 0 aromatic carbocycles. The third kappa shape index (κ3) is 3.19. The highest BCUT2D eigenvalue weighted by atomic mass is 32.1. The number of carbonyl (C=O) groups is 1. The Kier molecular flexibility index (Phi) is 4.35. The third-order valence-electron chi connectivity index (χ3n) is 5.29. The summed E-state index contributed by atoms with van der Waals surface area (Å²) >= 11 is 1.59. The molecule has 0 aliphatic heterocycles. The molecule has 0 saturated heterocycles. The molecule has 1 aliphatic rings. The van der Waals surface area contributed by atoms with Gasteiger partial charge in [-0.25, -0.2) is 9.50 Å². The Morgan fingerprint density at radius 3 is 3.03 bits per heavy atom. The van der Waals surface area contributed by atoms with Crippen LogP contribution in [0.1, 0.15) is 46.0 Å². The lowest BCUT2D eigenvalue weighted by molar-refractivity contribution is 0.0948. The molecule has 0 bridgehead atoms. The first-order chi connectivity index (χ1) is 14.1. The van der Waals surface area contributed by atoms with Crippen LogP contribution in [0.25, 0.3) is 16.2 Å². The molecule has 29 heavy (non-hydrogen) atoms. The normalized spacial score (nSPS) is 13.6. The van der Waals surface area contributed by atoms with E-state index in [2.05, 4.69) is 15.4 Å². The van der Waals surface area contributed by atoms with E-state index in [-0.39, 0.29) is 18.0 Å². The van der Waals surface area contributed by atoms with Gasteiger partial charge in [-0.3, -0.25) is 14.7 Å². The first kappa shape index (κ1) is 17.9. The molecule has 0 radical (unpaired) electrons. The van der Waals surface area contributed by atoms with Crippen LogP contribution in [0.5, 0.6) is 0 Å². The molecule has 4 heterocycles. The van der Waals surface area contributed by atoms with Gasteiger partial charge in [0.2, 0.25) is 0 Å². The van der Waals surface area contributed by atoms with Gasteiger partial charge in [0.15, 0.2) is 5.65 Å². The topological polar surface area (TPSA) is 92.4 Å². The summed E-state index contributed by atoms with van der Waals surface area (Å²) in [4.78, 5) is 30.8. The number of rotatable bonds is 4. The summed E-state index contributed by atoms with van der Waals surface area (Å²) in [5, 5.41) is 7.96. The molecule has 0 saturated carbocycles. The SMILES string of the molecule is Cc1oc2c(c1C(=O)NCc1cc(=O)n3[nH]c(-c4cccs4)cc3n1)CCCC2. The van der Waals surface area contributed by atoms with Crippen molar-refractivity contribution in [3.63, 3.8) is 0 Å². The molecule has 0 unspecified atom stereocenters. The second-order valence-electron chi connectivity index (χ2n) is 7.25. The van der Waals surface area contributed by atoms with Crippen molar-refractivity contribution >= 4 is 22.9 Å². The minimum atomic E-state index is -0.209. The molecule has 1 aliphatic carbocycles. The summed E-state index contributed by atoms with van der Waals surface area (Å²) in [5.41, 5.74) is 3.35. The van der Waals surface area contributed by atoms with E-state index in [1.54, 1.807) is 11.3 Å². The fraction of sp³-hybridized carbons (Fsp3) is 0.286. The first-order valence-electron chi connectivity index (χ1n) is 9.65. The standard InChI is InChI=1S/C21H20N4O3S/c1-12-20(14-5-2-3-6-16(14)28-12)21(27)22-11-13-9-19(26)25-18(23-13)10-15(24-25)17-7-4-8-29-17/h4,7-10,24H,2-3,5-6,11H2,1H3,(H,22,27). The summed E-state index contributed by atoms with van der Waals surface area (Å²) in [6, 6.07) is 7.23. The monoisotopic (exact) mass is 408 g/mol. The smallest absolute Gasteiger partial charge is 0.272 e. The van der Waals surface area contributed by atoms with Crippen LogP contribution in [-0.2, 0) is 19.4 Å². The highest BCUT2D eigenvalue weighted by Crippen LogP contribution is 2.29. The Balaban J connectivity index is 1.39. The van der Waals surface area contributed by atoms with Gasteiger partial charge in [-0.05, 0) is 37.6 Å². The van der Waals surface area contributed by atoms with Crippen LogP contribution in [0.2, 0.25) is 0 Å². The first-order valence-corrected chi connectivity index (χ1v) is 10.5. The molecule has 2 N–H and O–H groups in total. The highest BCUT2D eigenvalue weighted by Gasteiger charge is 2.25. The minimum absolute atomic E-state index is 0.176. The zero-order valence-corrected chi connectivity index (χ0v) is 16.8. The van der Waals surface area contributed by atoms with E-state index in [1.165, 1.54) is 10.6 Å². The van der Waals surface area contributed by atoms with Crippen molar-refractivity contribution in [2.75, 3.05) is 0 Å². The zero-order valence-electron chi connectivity index (χ0n) is 15.9. The summed E-state index contributed by atoms with van der Waals surface area (Å²) in [7, 11) is 0. The molecule has 148 valence electrons. The maximum Gasteiger partial charge on any atom is 0.272 e. The van der Waals surface area contributed by atoms with Crippen LogP contribution in [0.3, 0.4) is 0 Å². The van der Waals surface area contributed by atoms with E-state index in [9.17, 15) is 9.59 Å². The lowest BCUT2D eigenvalue weighted by atomic mass is 9.94. The Morgan fingerprint density at radius 2 is 2.21 bits per heavy atom. The molecule has 1 amide bonds. The molecule has 0 fully saturated rings. The number of nitrogens with zero attached hydrogens (tertiary/aromatic N) is 2. The molecule has 8 heteroatoms. The van der Waals surface area contributed by atoms with Crippen LogP contribution in [0, 0.1) is 6.92 Å². The van der Waals surface area contributed by atoms with E-state index < -0.39 is 0 Å². The van der Waals surface area contributed by atoms with Crippen molar-refractivity contribution in [1.29, 1.82) is 0 Å². The maximum absolute atomic E-state index is 12.8. The summed E-state index contributed by atoms with van der Waals surface area (Å²) in [6.45, 7) is 2.01. The number of carbonyl (C=O) groups excluding carboxylic acids is 1. The number of amides is 1. The summed E-state index contributed by atoms with van der Waals surface area (Å²) in [6.07, 6.45) is 3.93. The lowest BCUT2D eigenvalue weighted by Crippen LogP contribution is -2.26. The van der Waals surface area contributed by atoms with Crippen molar-refractivity contribution in [3.05, 3.63) is 68.3 Å². The fourth-order valence-corrected chi connectivity index (χ4v) is 4.64. The number of furan rings is 1. The largest absolute Gasteiger partial charge is 0.465 e. The average Bonchev–Trinajstić information content (AvgIpc) is 3.43. The zero-order chi connectivity index (χ0) is 20.0. The fourth-order valence-electron chi connectivity index (χ4n) is 3.95. The molecular weight excluding hydrogens is 388 g/mol. The number of nitrogens with one attached hydrogen (secondary N) is 2. The van der Waals surface area contributed by atoms with Gasteiger partial charge in [0.25, 0.3) is 11.5 Å². The number of aryl methyl sites for hydroxylation is 2. The molecular formula is C21H20N4O3S. The van der Waals surface area contributed by atoms with Gasteiger partial charge >= 0.3 is 0 Å². The van der Waals surface area contributed by atoms with Gasteiger partial charge in [-0.2, -0.15) is 0 Å². The van der Waals surface area contributed by atoms with E-state index in [0.717, 1.165) is 47.6 Å². The molecule has 7 nitrogen and oxygen atoms in total. The van der Waals surface area contributed by atoms with Crippen LogP contribution >= 0.6 is 11.3 Å². The number of aromatic nitrogens is 3. The Hall–Kier alpha value is -3.13. The van der Waals surface area contributed by atoms with Crippen LogP contribution in [0.4, 0.5) is 0 Å². The molecule has 0 spiro atoms. The predicted molar refractivity (Wildman–Crippen MR) is 110 cm³/mol. The summed E-state index contributed by atoms with van der Waals surface area (Å²) in [5.74, 6) is 1.42. The second kappa shape index (κ2) is 7.04. The van der Waals surface area contributed by atoms with Crippen LogP contribution < -0.4 is 10.9 Å². The Morgan fingerprint density at radius 1 is 1.34 bits per heavy atom. The van der Waals surface area contributed by atoms with Gasteiger partial charge in [-0.1, -0.05) is 6.07 Å². The molecule has 4 aromatic rings. The van der Waals surface area contributed by atoms with Crippen molar-refractivity contribution in [1.82, 2.24) is 19.9 Å². The van der Waals surface area contributed by atoms with Crippen LogP contribution in [0.15, 0.2) is 38.9 Å². The Labute approximate surface area is 170 Å². The van der Waals surface area contributed by atoms with Crippen LogP contribution in [-0.4, -0.2) is 20.5 Å². The molecule has 0 atom stereocenters. The third-order valence-corrected chi connectivity index (χ3v) is 6.20. The Bertz CT molecular complexity index is 1260. The van der Waals surface area contributed by atoms with Gasteiger partial charge in [-0.15, -0.1) is 11.3 Å². The quantitative estimate of drug-likeness (QED) is 0.541. The van der Waals surface area contributed by atoms with Gasteiger partial charge in [0.05, 0.1) is 28.4 Å². The summed E-state index contributed by atoms with van der Waals surface area (Å²) < 4.78 is 7.21. The number of hydrogen-bond donors (Lipinski definition) is 2. The average molecular weight is 408 g/mol. The molecule has 4 aromatic heterocycles. The lowest BCUT2D eigenvalue weighted by Gasteiger charge is -2.11. The highest BCUT2D eigenvalue weighted by molar-refractivity contribution is 7.13. The van der Waals surface area contributed by atoms with Gasteiger partial charge in [0, 0.05) is 24.1 Å². The van der Waals surface area contributed by atoms with E-state index in [0.29, 0.717) is 22.7 Å². The minimum Gasteiger partial charge on any atom is -0.465 e. The number of H-pyrrole nitrogens is 1. The van der Waals surface area contributed by atoms with E-state index in [1.807, 2.05) is 30.5 Å². The van der Waals surface area contributed by atoms with Gasteiger partial charge < -0.3 is 9.73 Å². The number of fused-ring (bicyclic) bond motifs is 2. The van der Waals surface area contributed by atoms with Crippen molar-refractivity contribution in [2.45, 2.75) is 39.2 Å². The van der Waals surface area contributed by atoms with Crippen molar-refractivity contribution < 1.29 is 9.21 Å². The van der Waals surface area contributed by atoms with Crippen molar-refractivity contribution in [2.24, 2.45) is 0 Å². The van der Waals surface area contributed by atoms with Crippen molar-refractivity contribution in [3.8, 4) is 10.6 Å². The number of hydrogen-bond acceptors (Lipinski definition) is 5. The maximum atomic E-state index is 12.8. The molecule has 5 rings (SSSR count). The van der Waals surface area contributed by atoms with Gasteiger partial charge in [0.1, 0.15) is 11.5 Å². The number of thiophene rings is 1. The number of aromatic amines is 1. The predicted octanol–water partition coefficient (Wildman–Crippen LogP) is 3.46. The van der Waals surface area contributed by atoms with E-state index in [4.69, 9.17) is 4.42 Å².